The first-order valence-corrected chi connectivity index (χ1v) is 36.1. The normalized spacial score (nSPS) is 12.6. The van der Waals surface area contributed by atoms with Crippen LogP contribution in [0.2, 0.25) is 0 Å². The van der Waals surface area contributed by atoms with Crippen molar-refractivity contribution in [3.05, 3.63) is 85.1 Å². The molecule has 0 saturated carbocycles. The summed E-state index contributed by atoms with van der Waals surface area (Å²) in [6.45, 7) is 6.49. The van der Waals surface area contributed by atoms with Gasteiger partial charge in [-0.3, -0.25) is 14.4 Å². The van der Waals surface area contributed by atoms with Gasteiger partial charge in [-0.05, 0) is 109 Å². The molecule has 6 heteroatoms. The van der Waals surface area contributed by atoms with Gasteiger partial charge in [0.25, 0.3) is 0 Å². The van der Waals surface area contributed by atoms with Gasteiger partial charge < -0.3 is 14.2 Å². The Hall–Kier alpha value is -3.41. The second kappa shape index (κ2) is 71.1. The molecule has 0 aromatic carbocycles. The van der Waals surface area contributed by atoms with E-state index in [9.17, 15) is 14.4 Å². The molecule has 0 bridgehead atoms. The molecule has 0 radical (unpaired) electrons. The highest BCUT2D eigenvalue weighted by atomic mass is 16.6. The average molecular weight is 1160 g/mol. The Labute approximate surface area is 515 Å². The molecule has 0 aromatic heterocycles. The zero-order chi connectivity index (χ0) is 59.9. The van der Waals surface area contributed by atoms with E-state index in [-0.39, 0.29) is 37.5 Å². The minimum absolute atomic E-state index is 0.0899. The topological polar surface area (TPSA) is 78.9 Å². The standard InChI is InChI=1S/C77H136O6/c1-4-7-10-13-16-19-22-24-26-28-30-31-32-33-34-35-36-37-38-39-40-41-42-43-44-45-47-48-50-52-55-58-61-64-67-70-76(79)82-73-74(72-81-75(78)69-66-63-60-57-54-21-18-15-12-9-6-3)83-77(80)71-68-65-62-59-56-53-51-49-46-29-27-25-23-20-17-14-11-8-5-2/h8,11,15,17-18,20,25,27-28,30,46,49,53,56,74H,4-7,9-10,12-14,16,19,21-24,26,29,31-45,47-48,50-52,54-55,57-73H2,1-3H3/b11-8-,18-15-,20-17-,27-25-,30-28-,49-46-,56-53-. The van der Waals surface area contributed by atoms with Crippen LogP contribution in [0, 0.1) is 0 Å². The van der Waals surface area contributed by atoms with Gasteiger partial charge in [-0.25, -0.2) is 0 Å². The fourth-order valence-corrected chi connectivity index (χ4v) is 10.4. The van der Waals surface area contributed by atoms with Crippen LogP contribution in [0.1, 0.15) is 367 Å². The minimum atomic E-state index is -0.797. The van der Waals surface area contributed by atoms with Crippen molar-refractivity contribution in [3.63, 3.8) is 0 Å². The Kier molecular flexibility index (Phi) is 68.2. The van der Waals surface area contributed by atoms with Crippen LogP contribution in [0.25, 0.3) is 0 Å². The lowest BCUT2D eigenvalue weighted by Crippen LogP contribution is -2.30. The summed E-state index contributed by atoms with van der Waals surface area (Å²) in [5.41, 5.74) is 0. The summed E-state index contributed by atoms with van der Waals surface area (Å²) in [5.74, 6) is -0.918. The van der Waals surface area contributed by atoms with Crippen LogP contribution in [0.15, 0.2) is 85.1 Å². The number of esters is 3. The Balaban J connectivity index is 4.11. The quantitative estimate of drug-likeness (QED) is 0.0261. The zero-order valence-corrected chi connectivity index (χ0v) is 55.2. The van der Waals surface area contributed by atoms with Crippen molar-refractivity contribution in [1.29, 1.82) is 0 Å². The van der Waals surface area contributed by atoms with Crippen LogP contribution in [-0.2, 0) is 28.6 Å². The van der Waals surface area contributed by atoms with Gasteiger partial charge in [0.1, 0.15) is 13.2 Å². The second-order valence-corrected chi connectivity index (χ2v) is 24.1. The summed E-state index contributed by atoms with van der Waals surface area (Å²) in [6, 6.07) is 0. The van der Waals surface area contributed by atoms with E-state index in [1.165, 1.54) is 225 Å². The maximum atomic E-state index is 12.9. The first-order chi connectivity index (χ1) is 41.0. The molecule has 6 nitrogen and oxygen atoms in total. The van der Waals surface area contributed by atoms with Crippen molar-refractivity contribution in [2.75, 3.05) is 13.2 Å². The lowest BCUT2D eigenvalue weighted by Gasteiger charge is -2.18. The second-order valence-electron chi connectivity index (χ2n) is 24.1. The molecule has 0 saturated heterocycles. The van der Waals surface area contributed by atoms with E-state index in [0.29, 0.717) is 12.8 Å². The molecule has 0 rings (SSSR count). The van der Waals surface area contributed by atoms with E-state index >= 15 is 0 Å². The number of unbranched alkanes of at least 4 members (excludes halogenated alkanes) is 41. The first kappa shape index (κ1) is 79.6. The van der Waals surface area contributed by atoms with Crippen molar-refractivity contribution >= 4 is 17.9 Å². The lowest BCUT2D eigenvalue weighted by atomic mass is 10.0. The maximum absolute atomic E-state index is 12.9. The van der Waals surface area contributed by atoms with Crippen molar-refractivity contribution in [2.24, 2.45) is 0 Å². The largest absolute Gasteiger partial charge is 0.462 e. The summed E-state index contributed by atoms with van der Waals surface area (Å²) in [7, 11) is 0. The number of hydrogen-bond acceptors (Lipinski definition) is 6. The van der Waals surface area contributed by atoms with Crippen LogP contribution in [0.3, 0.4) is 0 Å². The monoisotopic (exact) mass is 1160 g/mol. The predicted octanol–water partition coefficient (Wildman–Crippen LogP) is 25.0. The van der Waals surface area contributed by atoms with Crippen molar-refractivity contribution in [3.8, 4) is 0 Å². The smallest absolute Gasteiger partial charge is 0.306 e. The van der Waals surface area contributed by atoms with Gasteiger partial charge in [-0.2, -0.15) is 0 Å². The van der Waals surface area contributed by atoms with Gasteiger partial charge >= 0.3 is 17.9 Å². The third-order valence-corrected chi connectivity index (χ3v) is 15.9. The third-order valence-electron chi connectivity index (χ3n) is 15.9. The molecule has 0 aromatic rings. The fourth-order valence-electron chi connectivity index (χ4n) is 10.4. The molecule has 83 heavy (non-hydrogen) atoms. The highest BCUT2D eigenvalue weighted by Crippen LogP contribution is 2.18. The van der Waals surface area contributed by atoms with Gasteiger partial charge in [0.15, 0.2) is 6.10 Å². The highest BCUT2D eigenvalue weighted by molar-refractivity contribution is 5.71. The molecular formula is C77H136O6. The van der Waals surface area contributed by atoms with Crippen LogP contribution >= 0.6 is 0 Å². The average Bonchev–Trinajstić information content (AvgIpc) is 3.48. The Morgan fingerprint density at radius 2 is 0.482 bits per heavy atom. The highest BCUT2D eigenvalue weighted by Gasteiger charge is 2.19. The number of allylic oxidation sites excluding steroid dienone is 14. The van der Waals surface area contributed by atoms with E-state index in [1.54, 1.807) is 0 Å². The molecule has 0 fully saturated rings. The van der Waals surface area contributed by atoms with Crippen LogP contribution < -0.4 is 0 Å². The first-order valence-electron chi connectivity index (χ1n) is 36.1. The minimum Gasteiger partial charge on any atom is -0.462 e. The summed E-state index contributed by atoms with van der Waals surface area (Å²) in [5, 5.41) is 0. The molecule has 0 heterocycles. The lowest BCUT2D eigenvalue weighted by molar-refractivity contribution is -0.167. The molecule has 480 valence electrons. The van der Waals surface area contributed by atoms with E-state index in [0.717, 1.165) is 103 Å². The molecule has 1 atom stereocenters. The molecule has 0 aliphatic rings. The molecule has 1 unspecified atom stereocenters. The van der Waals surface area contributed by atoms with Gasteiger partial charge in [0, 0.05) is 19.3 Å². The van der Waals surface area contributed by atoms with E-state index in [4.69, 9.17) is 14.2 Å². The third kappa shape index (κ3) is 69.3. The number of carbonyl (C=O) groups excluding carboxylic acids is 3. The molecule has 0 aliphatic carbocycles. The van der Waals surface area contributed by atoms with Crippen LogP contribution in [0.5, 0.6) is 0 Å². The summed E-state index contributed by atoms with van der Waals surface area (Å²) < 4.78 is 16.9. The van der Waals surface area contributed by atoms with Gasteiger partial charge in [0.2, 0.25) is 0 Å². The number of rotatable bonds is 66. The number of carbonyl (C=O) groups is 3. The molecular weight excluding hydrogens is 1020 g/mol. The molecule has 0 spiro atoms. The fraction of sp³-hybridized carbons (Fsp3) is 0.779. The van der Waals surface area contributed by atoms with E-state index < -0.39 is 6.10 Å². The summed E-state index contributed by atoms with van der Waals surface area (Å²) >= 11 is 0. The summed E-state index contributed by atoms with van der Waals surface area (Å²) in [6.07, 6.45) is 95.1. The van der Waals surface area contributed by atoms with Gasteiger partial charge in [-0.1, -0.05) is 324 Å². The SMILES string of the molecule is CC/C=C\C/C=C\C/C=C\C/C=C\C/C=C\CCCCCC(=O)OC(COC(=O)CCCCCCC/C=C\CCCC)COC(=O)CCCCCCCCCCCCCCCCCCCCCCCCC/C=C\CCCCCCCCCC. The number of ether oxygens (including phenoxy) is 3. The van der Waals surface area contributed by atoms with Crippen molar-refractivity contribution < 1.29 is 28.6 Å². The maximum Gasteiger partial charge on any atom is 0.306 e. The van der Waals surface area contributed by atoms with Crippen LogP contribution in [-0.4, -0.2) is 37.2 Å². The van der Waals surface area contributed by atoms with E-state index in [2.05, 4.69) is 106 Å². The molecule has 0 aliphatic heterocycles. The van der Waals surface area contributed by atoms with Gasteiger partial charge in [-0.15, -0.1) is 0 Å². The Bertz CT molecular complexity index is 1570. The van der Waals surface area contributed by atoms with Crippen molar-refractivity contribution in [2.45, 2.75) is 374 Å². The van der Waals surface area contributed by atoms with E-state index in [1.807, 2.05) is 0 Å². The number of hydrogen-bond donors (Lipinski definition) is 0. The Morgan fingerprint density at radius 3 is 0.795 bits per heavy atom. The zero-order valence-electron chi connectivity index (χ0n) is 55.2. The predicted molar refractivity (Wildman–Crippen MR) is 362 cm³/mol. The van der Waals surface area contributed by atoms with Crippen LogP contribution in [0.4, 0.5) is 0 Å². The molecule has 0 amide bonds. The summed E-state index contributed by atoms with van der Waals surface area (Å²) in [4.78, 5) is 38.3. The Morgan fingerprint density at radius 1 is 0.253 bits per heavy atom. The van der Waals surface area contributed by atoms with Gasteiger partial charge in [0.05, 0.1) is 0 Å². The molecule has 0 N–H and O–H groups in total. The van der Waals surface area contributed by atoms with Crippen molar-refractivity contribution in [1.82, 2.24) is 0 Å².